The summed E-state index contributed by atoms with van der Waals surface area (Å²) in [6, 6.07) is 0.0490. The molecule has 4 fully saturated rings. The molecule has 4 aliphatic rings. The first-order valence-corrected chi connectivity index (χ1v) is 22.4. The van der Waals surface area contributed by atoms with E-state index in [0.717, 1.165) is 51.7 Å². The molecule has 0 bridgehead atoms. The highest BCUT2D eigenvalue weighted by molar-refractivity contribution is 4.99. The van der Waals surface area contributed by atoms with Gasteiger partial charge in [0.2, 0.25) is 0 Å². The van der Waals surface area contributed by atoms with E-state index in [1.807, 2.05) is 0 Å². The maximum atomic E-state index is 11.5. The molecule has 0 aliphatic carbocycles. The fraction of sp³-hybridized carbons (Fsp3) is 1.00. The molecule has 54 heavy (non-hydrogen) atoms. The summed E-state index contributed by atoms with van der Waals surface area (Å²) >= 11 is 0. The number of unbranched alkanes of at least 4 members (excludes halogenated alkanes) is 18. The van der Waals surface area contributed by atoms with Crippen molar-refractivity contribution in [3.8, 4) is 0 Å². The molecule has 0 amide bonds. The van der Waals surface area contributed by atoms with Crippen molar-refractivity contribution in [1.82, 2.24) is 15.8 Å². The van der Waals surface area contributed by atoms with E-state index in [0.29, 0.717) is 11.8 Å². The Morgan fingerprint density at radius 3 is 1.87 bits per heavy atom. The van der Waals surface area contributed by atoms with Crippen LogP contribution in [0.4, 0.5) is 0 Å². The molecule has 0 aromatic carbocycles. The quantitative estimate of drug-likeness (QED) is 0.0470. The van der Waals surface area contributed by atoms with Crippen molar-refractivity contribution >= 4 is 0 Å². The largest absolute Gasteiger partial charge is 0.394 e. The number of ether oxygens (including phenoxy) is 3. The van der Waals surface area contributed by atoms with Gasteiger partial charge in [-0.05, 0) is 32.2 Å². The predicted octanol–water partition coefficient (Wildman–Crippen LogP) is 4.31. The Morgan fingerprint density at radius 2 is 1.30 bits per heavy atom. The summed E-state index contributed by atoms with van der Waals surface area (Å²) in [5.74, 6) is -0.517. The third-order valence-electron chi connectivity index (χ3n) is 12.7. The first kappa shape index (κ1) is 46.2. The molecule has 12 heteroatoms. The monoisotopic (exact) mass is 772 g/mol. The van der Waals surface area contributed by atoms with Gasteiger partial charge in [0, 0.05) is 36.5 Å². The molecule has 4 aliphatic heterocycles. The minimum absolute atomic E-state index is 0.0425. The van der Waals surface area contributed by atoms with E-state index < -0.39 is 55.4 Å². The molecule has 8 N–H and O–H groups in total. The first-order valence-electron chi connectivity index (χ1n) is 22.4. The van der Waals surface area contributed by atoms with Crippen molar-refractivity contribution in [1.29, 1.82) is 0 Å². The normalized spacial score (nSPS) is 29.9. The average molecular weight is 772 g/mol. The molecular weight excluding hydrogens is 690 g/mol. The Balaban J connectivity index is 1.11. The zero-order valence-corrected chi connectivity index (χ0v) is 33.8. The second kappa shape index (κ2) is 25.8. The number of aliphatic hydroxyl groups is 6. The lowest BCUT2D eigenvalue weighted by Gasteiger charge is -2.55. The van der Waals surface area contributed by atoms with Crippen LogP contribution in [0.3, 0.4) is 0 Å². The van der Waals surface area contributed by atoms with Crippen molar-refractivity contribution < 1.29 is 44.8 Å². The van der Waals surface area contributed by atoms with E-state index in [2.05, 4.69) is 22.7 Å². The number of hydrogen-bond acceptors (Lipinski definition) is 12. The van der Waals surface area contributed by atoms with Gasteiger partial charge in [-0.1, -0.05) is 129 Å². The molecule has 10 atom stereocenters. The highest BCUT2D eigenvalue weighted by Gasteiger charge is 2.48. The van der Waals surface area contributed by atoms with Gasteiger partial charge >= 0.3 is 0 Å². The smallest absolute Gasteiger partial charge is 0.186 e. The van der Waals surface area contributed by atoms with E-state index >= 15 is 0 Å². The second-order valence-electron chi connectivity index (χ2n) is 17.6. The number of nitrogens with one attached hydrogen (secondary N) is 2. The molecule has 12 nitrogen and oxygen atoms in total. The van der Waals surface area contributed by atoms with Crippen LogP contribution in [0.25, 0.3) is 0 Å². The van der Waals surface area contributed by atoms with Gasteiger partial charge in [0.05, 0.1) is 38.6 Å². The summed E-state index contributed by atoms with van der Waals surface area (Å²) < 4.78 is 16.9. The van der Waals surface area contributed by atoms with Gasteiger partial charge in [0.1, 0.15) is 24.4 Å². The summed E-state index contributed by atoms with van der Waals surface area (Å²) in [6.45, 7) is 7.31. The van der Waals surface area contributed by atoms with Gasteiger partial charge in [0.25, 0.3) is 0 Å². The molecule has 1 spiro atoms. The summed E-state index contributed by atoms with van der Waals surface area (Å²) in [5.41, 5.74) is 7.29. The molecule has 4 rings (SSSR count). The summed E-state index contributed by atoms with van der Waals surface area (Å²) in [6.07, 6.45) is 18.2. The first-order chi connectivity index (χ1) is 26.3. The summed E-state index contributed by atoms with van der Waals surface area (Å²) in [7, 11) is 0. The molecule has 0 saturated carbocycles. The van der Waals surface area contributed by atoms with Crippen LogP contribution >= 0.6 is 0 Å². The fourth-order valence-corrected chi connectivity index (χ4v) is 9.06. The summed E-state index contributed by atoms with van der Waals surface area (Å²) in [4.78, 5) is 2.58. The Kier molecular flexibility index (Phi) is 22.1. The van der Waals surface area contributed by atoms with Crippen LogP contribution in [0.2, 0.25) is 0 Å². The van der Waals surface area contributed by atoms with Gasteiger partial charge in [-0.15, -0.1) is 0 Å². The Labute approximate surface area is 327 Å². The van der Waals surface area contributed by atoms with Crippen LogP contribution in [0.5, 0.6) is 0 Å². The highest BCUT2D eigenvalue weighted by atomic mass is 16.7. The van der Waals surface area contributed by atoms with Gasteiger partial charge < -0.3 is 49.7 Å². The standard InChI is InChI=1S/C42H81N3O9/c1-2-3-4-5-6-7-8-9-10-14-17-20-23-35(47)37(48)33(27-53-41-40(51)39(50)38(49)36(26-46)54-41)34-25-32(43-44-34)22-19-16-13-11-12-15-18-21-24-45-28-42(29-45)30-52-31-42/h32-41,43-44,46-51H,2-31H2,1H3/t32?,33-,34?,35-,36?,37+,38?,39?,40?,41?/m1/s1. The van der Waals surface area contributed by atoms with Crippen LogP contribution in [0.15, 0.2) is 0 Å². The van der Waals surface area contributed by atoms with E-state index in [-0.39, 0.29) is 18.7 Å². The van der Waals surface area contributed by atoms with Crippen LogP contribution in [0.1, 0.15) is 155 Å². The van der Waals surface area contributed by atoms with Crippen molar-refractivity contribution in [2.45, 2.75) is 210 Å². The minimum Gasteiger partial charge on any atom is -0.394 e. The molecule has 4 saturated heterocycles. The SMILES string of the molecule is CCCCCCCCCCCCCC[C@@H](O)[C@@H](O)[C@H](COC1OC(CO)C(O)C(O)C1O)C1CC(CCCCCCCCCCN2CC3(COC3)C2)NN1. The number of rotatable bonds is 31. The van der Waals surface area contributed by atoms with Crippen LogP contribution in [-0.4, -0.2) is 137 Å². The predicted molar refractivity (Wildman–Crippen MR) is 211 cm³/mol. The third kappa shape index (κ3) is 15.4. The van der Waals surface area contributed by atoms with Gasteiger partial charge in [-0.3, -0.25) is 10.9 Å². The average Bonchev–Trinajstić information content (AvgIpc) is 3.61. The molecule has 0 aromatic heterocycles. The molecule has 318 valence electrons. The van der Waals surface area contributed by atoms with Crippen LogP contribution in [0, 0.1) is 11.3 Å². The van der Waals surface area contributed by atoms with Gasteiger partial charge in [-0.2, -0.15) is 0 Å². The Morgan fingerprint density at radius 1 is 0.722 bits per heavy atom. The number of aliphatic hydroxyl groups excluding tert-OH is 6. The van der Waals surface area contributed by atoms with Crippen molar-refractivity contribution in [2.24, 2.45) is 11.3 Å². The molecule has 4 heterocycles. The van der Waals surface area contributed by atoms with E-state index in [1.54, 1.807) is 0 Å². The van der Waals surface area contributed by atoms with Crippen molar-refractivity contribution in [3.63, 3.8) is 0 Å². The van der Waals surface area contributed by atoms with Crippen LogP contribution < -0.4 is 10.9 Å². The van der Waals surface area contributed by atoms with E-state index in [1.165, 1.54) is 122 Å². The second-order valence-corrected chi connectivity index (χ2v) is 17.6. The lowest BCUT2D eigenvalue weighted by atomic mass is 9.78. The van der Waals surface area contributed by atoms with Crippen LogP contribution in [-0.2, 0) is 14.2 Å². The van der Waals surface area contributed by atoms with Crippen molar-refractivity contribution in [3.05, 3.63) is 0 Å². The minimum atomic E-state index is -1.54. The zero-order valence-electron chi connectivity index (χ0n) is 33.8. The molecule has 0 aromatic rings. The Hall–Kier alpha value is -0.480. The summed E-state index contributed by atoms with van der Waals surface area (Å²) in [5, 5.41) is 63.2. The maximum Gasteiger partial charge on any atom is 0.186 e. The molecule has 0 radical (unpaired) electrons. The van der Waals surface area contributed by atoms with E-state index in [4.69, 9.17) is 14.2 Å². The van der Waals surface area contributed by atoms with Gasteiger partial charge in [0.15, 0.2) is 6.29 Å². The third-order valence-corrected chi connectivity index (χ3v) is 12.7. The number of hydrazine groups is 1. The fourth-order valence-electron chi connectivity index (χ4n) is 9.06. The number of nitrogens with zero attached hydrogens (tertiary/aromatic N) is 1. The van der Waals surface area contributed by atoms with Gasteiger partial charge in [-0.25, -0.2) is 0 Å². The Bertz CT molecular complexity index is 954. The molecular formula is C42H81N3O9. The highest BCUT2D eigenvalue weighted by Crippen LogP contribution is 2.37. The topological polar surface area (TPSA) is 176 Å². The lowest BCUT2D eigenvalue weighted by molar-refractivity contribution is -0.305. The number of hydrogen-bond donors (Lipinski definition) is 8. The van der Waals surface area contributed by atoms with E-state index in [9.17, 15) is 30.6 Å². The maximum absolute atomic E-state index is 11.5. The molecule has 7 unspecified atom stereocenters. The van der Waals surface area contributed by atoms with Crippen molar-refractivity contribution in [2.75, 3.05) is 46.1 Å². The zero-order chi connectivity index (χ0) is 38.6. The lowest BCUT2D eigenvalue weighted by Crippen LogP contribution is -2.65. The number of likely N-dealkylation sites (tertiary alicyclic amines) is 1.